The van der Waals surface area contributed by atoms with E-state index in [2.05, 4.69) is 11.8 Å². The lowest BCUT2D eigenvalue weighted by atomic mass is 9.83. The molecule has 38 heavy (non-hydrogen) atoms. The van der Waals surface area contributed by atoms with Gasteiger partial charge in [0, 0.05) is 41.3 Å². The van der Waals surface area contributed by atoms with Crippen LogP contribution in [0.1, 0.15) is 43.0 Å². The van der Waals surface area contributed by atoms with E-state index in [4.69, 9.17) is 17.3 Å². The average molecular weight is 551 g/mol. The second kappa shape index (κ2) is 11.6. The number of halogens is 4. The van der Waals surface area contributed by atoms with E-state index in [9.17, 15) is 27.9 Å². The predicted octanol–water partition coefficient (Wildman–Crippen LogP) is 4.04. The molecule has 0 aromatic heterocycles. The molecule has 204 valence electrons. The van der Waals surface area contributed by atoms with Gasteiger partial charge >= 0.3 is 12.2 Å². The summed E-state index contributed by atoms with van der Waals surface area (Å²) in [6.07, 6.45) is -4.92. The molecule has 1 aliphatic rings. The van der Waals surface area contributed by atoms with E-state index in [-0.39, 0.29) is 41.5 Å². The Morgan fingerprint density at radius 1 is 1.16 bits per heavy atom. The predicted molar refractivity (Wildman–Crippen MR) is 140 cm³/mol. The van der Waals surface area contributed by atoms with Crippen LogP contribution in [-0.4, -0.2) is 66.1 Å². The Morgan fingerprint density at radius 2 is 1.82 bits per heavy atom. The number of benzene rings is 2. The molecular weight excluding hydrogens is 521 g/mol. The molecule has 2 aromatic carbocycles. The van der Waals surface area contributed by atoms with Crippen LogP contribution >= 0.6 is 11.6 Å². The molecule has 0 saturated carbocycles. The number of aliphatic hydroxyl groups is 1. The van der Waals surface area contributed by atoms with E-state index in [1.165, 1.54) is 34.1 Å². The summed E-state index contributed by atoms with van der Waals surface area (Å²) in [4.78, 5) is 29.6. The van der Waals surface area contributed by atoms with Crippen molar-refractivity contribution in [3.63, 3.8) is 0 Å². The van der Waals surface area contributed by atoms with Crippen LogP contribution in [0.4, 0.5) is 23.7 Å². The molecule has 0 saturated heterocycles. The van der Waals surface area contributed by atoms with E-state index in [1.807, 2.05) is 18.7 Å². The van der Waals surface area contributed by atoms with Gasteiger partial charge in [-0.05, 0) is 38.2 Å². The number of urea groups is 1. The molecule has 1 heterocycles. The van der Waals surface area contributed by atoms with E-state index in [1.54, 1.807) is 13.0 Å². The number of nitrogens with zero attached hydrogens (tertiary/aromatic N) is 3. The van der Waals surface area contributed by atoms with E-state index < -0.39 is 34.8 Å². The molecule has 0 fully saturated rings. The highest BCUT2D eigenvalue weighted by atomic mass is 35.5. The number of likely N-dealkylation sites (N-methyl/N-ethyl adjacent to an activating group) is 1. The first-order valence-corrected chi connectivity index (χ1v) is 12.6. The van der Waals surface area contributed by atoms with Crippen molar-refractivity contribution >= 4 is 29.2 Å². The maximum Gasteiger partial charge on any atom is 0.416 e. The number of anilines is 1. The van der Waals surface area contributed by atoms with Crippen LogP contribution in [0.2, 0.25) is 5.02 Å². The fourth-order valence-electron chi connectivity index (χ4n) is 4.52. The number of carbonyl (C=O) groups excluding carboxylic acids is 2. The molecule has 3 N–H and O–H groups in total. The number of hydrogen-bond donors (Lipinski definition) is 2. The summed E-state index contributed by atoms with van der Waals surface area (Å²) in [6, 6.07) is 7.26. The van der Waals surface area contributed by atoms with Crippen LogP contribution in [0.5, 0.6) is 0 Å². The van der Waals surface area contributed by atoms with Gasteiger partial charge in [-0.15, -0.1) is 0 Å². The molecule has 2 aromatic rings. The first-order valence-electron chi connectivity index (χ1n) is 12.2. The number of amides is 3. The third-order valence-electron chi connectivity index (χ3n) is 6.62. The number of rotatable bonds is 8. The van der Waals surface area contributed by atoms with Crippen molar-refractivity contribution in [1.29, 1.82) is 0 Å². The second-order valence-electron chi connectivity index (χ2n) is 8.74. The SMILES string of the molecule is CCN(CC)CCN1C(=O)C(O)(c2ccccc2Cl)c2c1cc(C#CCN(CC)C(N)=O)cc2C(F)(F)F. The molecule has 3 amide bonds. The fourth-order valence-corrected chi connectivity index (χ4v) is 4.79. The highest BCUT2D eigenvalue weighted by Crippen LogP contribution is 2.51. The second-order valence-corrected chi connectivity index (χ2v) is 9.15. The quantitative estimate of drug-likeness (QED) is 0.486. The monoisotopic (exact) mass is 550 g/mol. The van der Waals surface area contributed by atoms with Crippen molar-refractivity contribution in [3.8, 4) is 11.8 Å². The van der Waals surface area contributed by atoms with Gasteiger partial charge in [0.2, 0.25) is 0 Å². The van der Waals surface area contributed by atoms with Gasteiger partial charge in [-0.1, -0.05) is 55.5 Å². The normalized spacial score (nSPS) is 16.9. The summed E-state index contributed by atoms with van der Waals surface area (Å²) in [5.41, 5.74) is 0.593. The minimum absolute atomic E-state index is 0.0272. The van der Waals surface area contributed by atoms with Gasteiger partial charge < -0.3 is 25.5 Å². The fraction of sp³-hybridized carbons (Fsp3) is 0.407. The largest absolute Gasteiger partial charge is 0.416 e. The van der Waals surface area contributed by atoms with Crippen molar-refractivity contribution in [2.24, 2.45) is 5.73 Å². The number of nitrogens with two attached hydrogens (primary N) is 1. The van der Waals surface area contributed by atoms with Crippen molar-refractivity contribution in [3.05, 3.63) is 63.7 Å². The smallest absolute Gasteiger partial charge is 0.372 e. The lowest BCUT2D eigenvalue weighted by Gasteiger charge is -2.27. The first-order chi connectivity index (χ1) is 17.9. The van der Waals surface area contributed by atoms with Crippen LogP contribution in [0.3, 0.4) is 0 Å². The molecule has 0 aliphatic carbocycles. The van der Waals surface area contributed by atoms with Gasteiger partial charge in [-0.2, -0.15) is 13.2 Å². The first kappa shape index (κ1) is 29.3. The Hall–Kier alpha value is -3.26. The van der Waals surface area contributed by atoms with Gasteiger partial charge in [0.25, 0.3) is 5.91 Å². The summed E-state index contributed by atoms with van der Waals surface area (Å²) in [6.45, 7) is 7.52. The molecule has 1 unspecified atom stereocenters. The lowest BCUT2D eigenvalue weighted by Crippen LogP contribution is -2.44. The number of carbonyl (C=O) groups is 2. The summed E-state index contributed by atoms with van der Waals surface area (Å²) in [7, 11) is 0. The van der Waals surface area contributed by atoms with Crippen molar-refractivity contribution in [1.82, 2.24) is 9.80 Å². The molecule has 7 nitrogen and oxygen atoms in total. The van der Waals surface area contributed by atoms with Gasteiger partial charge in [0.15, 0.2) is 5.60 Å². The summed E-state index contributed by atoms with van der Waals surface area (Å²) in [5.74, 6) is 4.40. The highest BCUT2D eigenvalue weighted by molar-refractivity contribution is 6.32. The Bertz CT molecular complexity index is 1270. The average Bonchev–Trinajstić information content (AvgIpc) is 3.08. The molecule has 3 rings (SSSR count). The van der Waals surface area contributed by atoms with Crippen molar-refractivity contribution < 1.29 is 27.9 Å². The molecule has 11 heteroatoms. The van der Waals surface area contributed by atoms with Gasteiger partial charge in [0.1, 0.15) is 0 Å². The van der Waals surface area contributed by atoms with Gasteiger partial charge in [-0.3, -0.25) is 4.79 Å². The van der Waals surface area contributed by atoms with E-state index in [0.717, 1.165) is 6.07 Å². The Labute approximate surface area is 224 Å². The third kappa shape index (κ3) is 5.60. The molecule has 1 aliphatic heterocycles. The van der Waals surface area contributed by atoms with E-state index in [0.29, 0.717) is 19.6 Å². The minimum Gasteiger partial charge on any atom is -0.372 e. The van der Waals surface area contributed by atoms with Crippen LogP contribution in [0, 0.1) is 11.8 Å². The van der Waals surface area contributed by atoms with Crippen LogP contribution in [0.25, 0.3) is 0 Å². The summed E-state index contributed by atoms with van der Waals surface area (Å²) >= 11 is 6.30. The molecular formula is C27H30ClF3N4O3. The Kier molecular flexibility index (Phi) is 8.97. The zero-order valence-corrected chi connectivity index (χ0v) is 22.2. The lowest BCUT2D eigenvalue weighted by molar-refractivity contribution is -0.142. The van der Waals surface area contributed by atoms with Crippen LogP contribution in [0.15, 0.2) is 36.4 Å². The Morgan fingerprint density at radius 3 is 2.37 bits per heavy atom. The van der Waals surface area contributed by atoms with Gasteiger partial charge in [-0.25, -0.2) is 4.79 Å². The molecule has 0 bridgehead atoms. The zero-order valence-electron chi connectivity index (χ0n) is 21.4. The van der Waals surface area contributed by atoms with Gasteiger partial charge in [0.05, 0.1) is 17.8 Å². The third-order valence-corrected chi connectivity index (χ3v) is 6.95. The van der Waals surface area contributed by atoms with Crippen LogP contribution in [-0.2, 0) is 16.6 Å². The topological polar surface area (TPSA) is 90.1 Å². The summed E-state index contributed by atoms with van der Waals surface area (Å²) in [5, 5.41) is 11.8. The maximum absolute atomic E-state index is 14.5. The molecule has 0 spiro atoms. The Balaban J connectivity index is 2.25. The number of fused-ring (bicyclic) bond motifs is 1. The number of primary amides is 1. The standard InChI is InChI=1S/C27H30ClF3N4O3/c1-4-33(5-2)14-15-35-22-17-18(10-9-13-34(6-3)25(32)37)16-20(27(29,30)31)23(22)26(38,24(35)36)19-11-7-8-12-21(19)28/h7-8,11-12,16-17,38H,4-6,13-15H2,1-3H3,(H2,32,37). The molecule has 1 atom stereocenters. The zero-order chi connectivity index (χ0) is 28.3. The summed E-state index contributed by atoms with van der Waals surface area (Å²) < 4.78 is 43.4. The minimum atomic E-state index is -4.92. The number of alkyl halides is 3. The van der Waals surface area contributed by atoms with Crippen LogP contribution < -0.4 is 10.6 Å². The van der Waals surface area contributed by atoms with Crippen molar-refractivity contribution in [2.75, 3.05) is 44.2 Å². The maximum atomic E-state index is 14.5. The highest BCUT2D eigenvalue weighted by Gasteiger charge is 2.56. The molecule has 0 radical (unpaired) electrons. The number of hydrogen-bond acceptors (Lipinski definition) is 4. The van der Waals surface area contributed by atoms with E-state index >= 15 is 0 Å². The van der Waals surface area contributed by atoms with Crippen molar-refractivity contribution in [2.45, 2.75) is 32.5 Å².